The lowest BCUT2D eigenvalue weighted by molar-refractivity contribution is 0.255. The molecule has 1 rings (SSSR count). The summed E-state index contributed by atoms with van der Waals surface area (Å²) in [5, 5.41) is 12.5. The molecule has 5 N–H and O–H groups in total. The first-order valence-electron chi connectivity index (χ1n) is 7.73. The number of hydrazine groups is 1. The van der Waals surface area contributed by atoms with E-state index in [1.54, 1.807) is 0 Å². The van der Waals surface area contributed by atoms with Crippen LogP contribution in [0.4, 0.5) is 11.6 Å². The van der Waals surface area contributed by atoms with Crippen molar-refractivity contribution in [2.75, 3.05) is 23.9 Å². The van der Waals surface area contributed by atoms with Gasteiger partial charge in [-0.15, -0.1) is 0 Å². The Morgan fingerprint density at radius 3 is 2.38 bits per heavy atom. The fraction of sp³-hybridized carbons (Fsp3) is 0.733. The van der Waals surface area contributed by atoms with Gasteiger partial charge in [0, 0.05) is 24.6 Å². The number of rotatable bonds is 9. The van der Waals surface area contributed by atoms with E-state index >= 15 is 0 Å². The lowest BCUT2D eigenvalue weighted by atomic mass is 10.0. The van der Waals surface area contributed by atoms with Gasteiger partial charge in [0.15, 0.2) is 0 Å². The summed E-state index contributed by atoms with van der Waals surface area (Å²) < 4.78 is 0. The molecule has 1 unspecified atom stereocenters. The van der Waals surface area contributed by atoms with Crippen molar-refractivity contribution in [3.05, 3.63) is 11.4 Å². The summed E-state index contributed by atoms with van der Waals surface area (Å²) in [5.41, 5.74) is 3.56. The standard InChI is InChI=1S/C15H29N5O/c1-5-6-12(7-8-21)9-17-14-11(4)15(20-16)19-13(18-14)10(2)3/h10,12,21H,5-9,16H2,1-4H3,(H2,17,18,19,20). The fourth-order valence-electron chi connectivity index (χ4n) is 2.29. The molecule has 1 atom stereocenters. The summed E-state index contributed by atoms with van der Waals surface area (Å²) in [5.74, 6) is 8.47. The highest BCUT2D eigenvalue weighted by Gasteiger charge is 2.14. The maximum absolute atomic E-state index is 9.13. The average molecular weight is 295 g/mol. The second kappa shape index (κ2) is 8.79. The smallest absolute Gasteiger partial charge is 0.148 e. The van der Waals surface area contributed by atoms with Crippen molar-refractivity contribution in [1.82, 2.24) is 9.97 Å². The molecule has 0 saturated heterocycles. The van der Waals surface area contributed by atoms with Crippen LogP contribution in [0.3, 0.4) is 0 Å². The molecule has 0 aliphatic carbocycles. The first kappa shape index (κ1) is 17.7. The van der Waals surface area contributed by atoms with Gasteiger partial charge in [-0.2, -0.15) is 0 Å². The van der Waals surface area contributed by atoms with Crippen LogP contribution in [0.1, 0.15) is 57.3 Å². The SMILES string of the molecule is CCCC(CCO)CNc1nc(C(C)C)nc(NN)c1C. The van der Waals surface area contributed by atoms with Crippen LogP contribution >= 0.6 is 0 Å². The Balaban J connectivity index is 2.88. The predicted octanol–water partition coefficient (Wildman–Crippen LogP) is 2.40. The highest BCUT2D eigenvalue weighted by Crippen LogP contribution is 2.23. The van der Waals surface area contributed by atoms with E-state index in [2.05, 4.69) is 41.5 Å². The molecule has 6 heteroatoms. The second-order valence-corrected chi connectivity index (χ2v) is 5.75. The first-order valence-corrected chi connectivity index (χ1v) is 7.73. The zero-order chi connectivity index (χ0) is 15.8. The monoisotopic (exact) mass is 295 g/mol. The van der Waals surface area contributed by atoms with Crippen molar-refractivity contribution >= 4 is 11.6 Å². The molecule has 0 amide bonds. The van der Waals surface area contributed by atoms with Gasteiger partial charge in [-0.3, -0.25) is 0 Å². The molecule has 0 aliphatic rings. The lowest BCUT2D eigenvalue weighted by Gasteiger charge is -2.19. The number of anilines is 2. The topological polar surface area (TPSA) is 96.1 Å². The highest BCUT2D eigenvalue weighted by molar-refractivity contribution is 5.56. The quantitative estimate of drug-likeness (QED) is 0.413. The van der Waals surface area contributed by atoms with Crippen molar-refractivity contribution in [1.29, 1.82) is 0 Å². The van der Waals surface area contributed by atoms with Gasteiger partial charge in [-0.05, 0) is 25.7 Å². The molecule has 21 heavy (non-hydrogen) atoms. The molecule has 0 spiro atoms. The van der Waals surface area contributed by atoms with E-state index in [0.717, 1.165) is 43.0 Å². The molecular weight excluding hydrogens is 266 g/mol. The normalized spacial score (nSPS) is 12.5. The zero-order valence-electron chi connectivity index (χ0n) is 13.6. The number of hydrogen-bond acceptors (Lipinski definition) is 6. The van der Waals surface area contributed by atoms with Gasteiger partial charge in [0.2, 0.25) is 0 Å². The van der Waals surface area contributed by atoms with Crippen molar-refractivity contribution in [3.8, 4) is 0 Å². The molecule has 1 aromatic rings. The molecule has 0 aromatic carbocycles. The molecule has 0 bridgehead atoms. The Morgan fingerprint density at radius 1 is 1.19 bits per heavy atom. The minimum Gasteiger partial charge on any atom is -0.396 e. The molecule has 0 saturated carbocycles. The molecule has 0 fully saturated rings. The average Bonchev–Trinajstić information content (AvgIpc) is 2.46. The number of nitrogens with two attached hydrogens (primary N) is 1. The maximum atomic E-state index is 9.13. The number of nitrogen functional groups attached to an aromatic ring is 1. The van der Waals surface area contributed by atoms with Gasteiger partial charge in [0.25, 0.3) is 0 Å². The third-order valence-corrected chi connectivity index (χ3v) is 3.61. The van der Waals surface area contributed by atoms with Crippen molar-refractivity contribution in [2.24, 2.45) is 11.8 Å². The fourth-order valence-corrected chi connectivity index (χ4v) is 2.29. The summed E-state index contributed by atoms with van der Waals surface area (Å²) >= 11 is 0. The summed E-state index contributed by atoms with van der Waals surface area (Å²) in [4.78, 5) is 9.02. The van der Waals surface area contributed by atoms with Gasteiger partial charge >= 0.3 is 0 Å². The van der Waals surface area contributed by atoms with Crippen LogP contribution in [-0.2, 0) is 0 Å². The second-order valence-electron chi connectivity index (χ2n) is 5.75. The minimum atomic E-state index is 0.224. The lowest BCUT2D eigenvalue weighted by Crippen LogP contribution is -2.19. The number of nitrogens with zero attached hydrogens (tertiary/aromatic N) is 2. The Kier molecular flexibility index (Phi) is 7.39. The van der Waals surface area contributed by atoms with Crippen LogP contribution in [0.15, 0.2) is 0 Å². The van der Waals surface area contributed by atoms with E-state index < -0.39 is 0 Å². The van der Waals surface area contributed by atoms with Gasteiger partial charge in [0.05, 0.1) is 0 Å². The highest BCUT2D eigenvalue weighted by atomic mass is 16.3. The number of aliphatic hydroxyl groups excluding tert-OH is 1. The van der Waals surface area contributed by atoms with Crippen LogP contribution in [0.2, 0.25) is 0 Å². The third kappa shape index (κ3) is 5.13. The summed E-state index contributed by atoms with van der Waals surface area (Å²) in [7, 11) is 0. The van der Waals surface area contributed by atoms with Crippen LogP contribution < -0.4 is 16.6 Å². The van der Waals surface area contributed by atoms with E-state index in [9.17, 15) is 0 Å². The number of aromatic nitrogens is 2. The van der Waals surface area contributed by atoms with Gasteiger partial charge in [0.1, 0.15) is 17.5 Å². The van der Waals surface area contributed by atoms with Crippen LogP contribution in [0, 0.1) is 12.8 Å². The van der Waals surface area contributed by atoms with E-state index in [0.29, 0.717) is 11.7 Å². The van der Waals surface area contributed by atoms with Crippen molar-refractivity contribution in [3.63, 3.8) is 0 Å². The Labute approximate surface area is 127 Å². The van der Waals surface area contributed by atoms with Crippen molar-refractivity contribution in [2.45, 2.75) is 52.9 Å². The summed E-state index contributed by atoms with van der Waals surface area (Å²) in [6.07, 6.45) is 3.02. The molecule has 1 aromatic heterocycles. The molecule has 0 radical (unpaired) electrons. The summed E-state index contributed by atoms with van der Waals surface area (Å²) in [6, 6.07) is 0. The Bertz CT molecular complexity index is 430. The van der Waals surface area contributed by atoms with Crippen LogP contribution in [0.25, 0.3) is 0 Å². The van der Waals surface area contributed by atoms with Gasteiger partial charge in [-0.1, -0.05) is 27.2 Å². The number of nitrogens with one attached hydrogen (secondary N) is 2. The maximum Gasteiger partial charge on any atom is 0.148 e. The molecular formula is C15H29N5O. The van der Waals surface area contributed by atoms with E-state index in [-0.39, 0.29) is 12.5 Å². The molecule has 0 aliphatic heterocycles. The third-order valence-electron chi connectivity index (χ3n) is 3.61. The molecule has 1 heterocycles. The van der Waals surface area contributed by atoms with Gasteiger partial charge < -0.3 is 15.8 Å². The number of aliphatic hydroxyl groups is 1. The molecule has 6 nitrogen and oxygen atoms in total. The number of hydrogen-bond donors (Lipinski definition) is 4. The summed E-state index contributed by atoms with van der Waals surface area (Å²) in [6.45, 7) is 9.24. The minimum absolute atomic E-state index is 0.224. The van der Waals surface area contributed by atoms with Gasteiger partial charge in [-0.25, -0.2) is 15.8 Å². The Morgan fingerprint density at radius 2 is 1.86 bits per heavy atom. The van der Waals surface area contributed by atoms with Crippen LogP contribution in [0.5, 0.6) is 0 Å². The van der Waals surface area contributed by atoms with E-state index in [1.165, 1.54) is 0 Å². The van der Waals surface area contributed by atoms with Crippen molar-refractivity contribution < 1.29 is 5.11 Å². The van der Waals surface area contributed by atoms with E-state index in [4.69, 9.17) is 10.9 Å². The zero-order valence-corrected chi connectivity index (χ0v) is 13.6. The molecule has 120 valence electrons. The predicted molar refractivity (Wildman–Crippen MR) is 87.3 cm³/mol. The largest absolute Gasteiger partial charge is 0.396 e. The van der Waals surface area contributed by atoms with E-state index in [1.807, 2.05) is 6.92 Å². The first-order chi connectivity index (χ1) is 10.0. The van der Waals surface area contributed by atoms with Crippen LogP contribution in [-0.4, -0.2) is 28.2 Å². The Hall–Kier alpha value is -1.40.